The molecule has 1 aliphatic rings. The minimum absolute atomic E-state index is 0.0505. The molecule has 2 atom stereocenters. The van der Waals surface area contributed by atoms with Crippen molar-refractivity contribution in [1.29, 1.82) is 0 Å². The molecule has 1 aliphatic carbocycles. The third kappa shape index (κ3) is 3.02. The highest BCUT2D eigenvalue weighted by Crippen LogP contribution is 2.25. The van der Waals surface area contributed by atoms with Crippen molar-refractivity contribution < 1.29 is 9.53 Å². The predicted molar refractivity (Wildman–Crippen MR) is 76.3 cm³/mol. The standard InChI is InChI=1S/C13H16ClN5O2/c1-19-7-9(14)12(18-19)13(20)17-10-3-2-4-11(10)21-8-5-15-16-6-8/h5-7,10-11H,2-4H2,1H3,(H,15,16)(H,17,20)/t10-,11+/m0/s1. The van der Waals surface area contributed by atoms with E-state index in [9.17, 15) is 4.79 Å². The van der Waals surface area contributed by atoms with E-state index in [4.69, 9.17) is 16.3 Å². The molecular weight excluding hydrogens is 294 g/mol. The van der Waals surface area contributed by atoms with Gasteiger partial charge in [0.2, 0.25) is 0 Å². The molecule has 0 spiro atoms. The van der Waals surface area contributed by atoms with Crippen LogP contribution in [0.1, 0.15) is 29.8 Å². The number of carbonyl (C=O) groups excluding carboxylic acids is 1. The van der Waals surface area contributed by atoms with Crippen LogP contribution >= 0.6 is 11.6 Å². The number of nitrogens with one attached hydrogen (secondary N) is 2. The number of H-pyrrole nitrogens is 1. The molecule has 2 aromatic rings. The molecule has 0 unspecified atom stereocenters. The van der Waals surface area contributed by atoms with Gasteiger partial charge in [-0.25, -0.2) is 0 Å². The second-order valence-electron chi connectivity index (χ2n) is 5.10. The van der Waals surface area contributed by atoms with Crippen LogP contribution in [-0.4, -0.2) is 38.0 Å². The number of hydrogen-bond acceptors (Lipinski definition) is 4. The Morgan fingerprint density at radius 1 is 1.57 bits per heavy atom. The summed E-state index contributed by atoms with van der Waals surface area (Å²) in [5, 5.41) is 13.9. The average molecular weight is 310 g/mol. The molecule has 2 aromatic heterocycles. The highest BCUT2D eigenvalue weighted by molar-refractivity contribution is 6.33. The number of aryl methyl sites for hydroxylation is 1. The lowest BCUT2D eigenvalue weighted by molar-refractivity contribution is 0.0888. The van der Waals surface area contributed by atoms with Crippen molar-refractivity contribution in [3.8, 4) is 5.75 Å². The van der Waals surface area contributed by atoms with E-state index in [1.807, 2.05) is 0 Å². The number of aromatic nitrogens is 4. The maximum absolute atomic E-state index is 12.2. The Morgan fingerprint density at radius 3 is 3.10 bits per heavy atom. The number of carbonyl (C=O) groups is 1. The zero-order valence-corrected chi connectivity index (χ0v) is 12.3. The van der Waals surface area contributed by atoms with Gasteiger partial charge < -0.3 is 10.1 Å². The molecule has 21 heavy (non-hydrogen) atoms. The van der Waals surface area contributed by atoms with Gasteiger partial charge in [-0.2, -0.15) is 10.2 Å². The van der Waals surface area contributed by atoms with E-state index in [2.05, 4.69) is 20.6 Å². The topological polar surface area (TPSA) is 84.8 Å². The van der Waals surface area contributed by atoms with Crippen LogP contribution in [0.15, 0.2) is 18.6 Å². The van der Waals surface area contributed by atoms with Crippen LogP contribution in [0.5, 0.6) is 5.75 Å². The van der Waals surface area contributed by atoms with Crippen molar-refractivity contribution in [3.63, 3.8) is 0 Å². The van der Waals surface area contributed by atoms with E-state index in [0.717, 1.165) is 19.3 Å². The van der Waals surface area contributed by atoms with E-state index < -0.39 is 0 Å². The van der Waals surface area contributed by atoms with Crippen LogP contribution in [0.2, 0.25) is 5.02 Å². The summed E-state index contributed by atoms with van der Waals surface area (Å²) in [4.78, 5) is 12.2. The van der Waals surface area contributed by atoms with Crippen LogP contribution in [0.3, 0.4) is 0 Å². The van der Waals surface area contributed by atoms with Gasteiger partial charge in [-0.05, 0) is 19.3 Å². The Hall–Kier alpha value is -2.02. The van der Waals surface area contributed by atoms with E-state index >= 15 is 0 Å². The smallest absolute Gasteiger partial charge is 0.273 e. The summed E-state index contributed by atoms with van der Waals surface area (Å²) in [7, 11) is 1.73. The van der Waals surface area contributed by atoms with Crippen LogP contribution in [0, 0.1) is 0 Å². The largest absolute Gasteiger partial charge is 0.485 e. The van der Waals surface area contributed by atoms with Crippen molar-refractivity contribution in [2.24, 2.45) is 7.05 Å². The number of rotatable bonds is 4. The summed E-state index contributed by atoms with van der Waals surface area (Å²) in [5.74, 6) is 0.408. The maximum Gasteiger partial charge on any atom is 0.273 e. The number of amides is 1. The summed E-state index contributed by atoms with van der Waals surface area (Å²) in [6.45, 7) is 0. The first-order valence-electron chi connectivity index (χ1n) is 6.79. The molecule has 3 rings (SSSR count). The molecule has 0 bridgehead atoms. The van der Waals surface area contributed by atoms with Gasteiger partial charge in [0, 0.05) is 13.2 Å². The van der Waals surface area contributed by atoms with Crippen LogP contribution in [0.4, 0.5) is 0 Å². The number of aromatic amines is 1. The van der Waals surface area contributed by atoms with Crippen LogP contribution in [0.25, 0.3) is 0 Å². The molecule has 0 radical (unpaired) electrons. The molecule has 2 N–H and O–H groups in total. The molecule has 2 heterocycles. The average Bonchev–Trinajstić information content (AvgIpc) is 3.14. The Balaban J connectivity index is 1.66. The lowest BCUT2D eigenvalue weighted by Crippen LogP contribution is -2.42. The number of hydrogen-bond donors (Lipinski definition) is 2. The minimum Gasteiger partial charge on any atom is -0.485 e. The highest BCUT2D eigenvalue weighted by Gasteiger charge is 2.31. The van der Waals surface area contributed by atoms with Crippen molar-refractivity contribution in [2.75, 3.05) is 0 Å². The minimum atomic E-state index is -0.270. The fourth-order valence-electron chi connectivity index (χ4n) is 2.56. The third-order valence-electron chi connectivity index (χ3n) is 3.53. The molecule has 1 fully saturated rings. The second kappa shape index (κ2) is 5.77. The molecule has 8 heteroatoms. The summed E-state index contributed by atoms with van der Waals surface area (Å²) in [5.41, 5.74) is 0.244. The highest BCUT2D eigenvalue weighted by atomic mass is 35.5. The number of halogens is 1. The second-order valence-corrected chi connectivity index (χ2v) is 5.51. The van der Waals surface area contributed by atoms with E-state index in [1.54, 1.807) is 25.6 Å². The predicted octanol–water partition coefficient (Wildman–Crippen LogP) is 1.53. The van der Waals surface area contributed by atoms with Crippen molar-refractivity contribution >= 4 is 17.5 Å². The molecule has 0 aromatic carbocycles. The summed E-state index contributed by atoms with van der Waals surface area (Å²) >= 11 is 5.99. The first-order valence-corrected chi connectivity index (χ1v) is 7.16. The molecule has 112 valence electrons. The molecular formula is C13H16ClN5O2. The summed E-state index contributed by atoms with van der Waals surface area (Å²) < 4.78 is 7.35. The SMILES string of the molecule is Cn1cc(Cl)c(C(=O)N[C@H]2CCC[C@H]2Oc2cn[nH]c2)n1. The van der Waals surface area contributed by atoms with Crippen molar-refractivity contribution in [1.82, 2.24) is 25.3 Å². The van der Waals surface area contributed by atoms with Gasteiger partial charge in [-0.3, -0.25) is 14.6 Å². The van der Waals surface area contributed by atoms with Crippen molar-refractivity contribution in [3.05, 3.63) is 29.3 Å². The lowest BCUT2D eigenvalue weighted by Gasteiger charge is -2.21. The fourth-order valence-corrected chi connectivity index (χ4v) is 2.83. The molecule has 0 aliphatic heterocycles. The van der Waals surface area contributed by atoms with Gasteiger partial charge in [0.15, 0.2) is 11.4 Å². The van der Waals surface area contributed by atoms with Gasteiger partial charge in [0.25, 0.3) is 5.91 Å². The zero-order chi connectivity index (χ0) is 14.8. The van der Waals surface area contributed by atoms with Gasteiger partial charge in [-0.15, -0.1) is 0 Å². The third-order valence-corrected chi connectivity index (χ3v) is 3.81. The van der Waals surface area contributed by atoms with Gasteiger partial charge in [0.1, 0.15) is 6.10 Å². The normalized spacial score (nSPS) is 21.4. The van der Waals surface area contributed by atoms with Crippen molar-refractivity contribution in [2.45, 2.75) is 31.4 Å². The Morgan fingerprint density at radius 2 is 2.43 bits per heavy atom. The van der Waals surface area contributed by atoms with Gasteiger partial charge in [-0.1, -0.05) is 11.6 Å². The molecule has 0 saturated heterocycles. The quantitative estimate of drug-likeness (QED) is 0.897. The Kier molecular flexibility index (Phi) is 3.83. The first-order chi connectivity index (χ1) is 10.1. The monoisotopic (exact) mass is 309 g/mol. The van der Waals surface area contributed by atoms with E-state index in [-0.39, 0.29) is 23.7 Å². The van der Waals surface area contributed by atoms with E-state index in [1.165, 1.54) is 4.68 Å². The Bertz CT molecular complexity index is 625. The summed E-state index contributed by atoms with van der Waals surface area (Å²) in [6, 6.07) is -0.0505. The molecule has 7 nitrogen and oxygen atoms in total. The Labute approximate surface area is 126 Å². The van der Waals surface area contributed by atoms with E-state index in [0.29, 0.717) is 10.8 Å². The summed E-state index contributed by atoms with van der Waals surface area (Å²) in [6.07, 6.45) is 7.62. The maximum atomic E-state index is 12.2. The fraction of sp³-hybridized carbons (Fsp3) is 0.462. The van der Waals surface area contributed by atoms with Crippen LogP contribution < -0.4 is 10.1 Å². The number of nitrogens with zero attached hydrogens (tertiary/aromatic N) is 3. The van der Waals surface area contributed by atoms with Gasteiger partial charge >= 0.3 is 0 Å². The van der Waals surface area contributed by atoms with Crippen LogP contribution in [-0.2, 0) is 7.05 Å². The molecule has 1 saturated carbocycles. The zero-order valence-electron chi connectivity index (χ0n) is 11.5. The van der Waals surface area contributed by atoms with Gasteiger partial charge in [0.05, 0.1) is 23.5 Å². The first kappa shape index (κ1) is 13.9. The molecule has 1 amide bonds. The number of ether oxygens (including phenoxy) is 1. The lowest BCUT2D eigenvalue weighted by atomic mass is 10.2.